The molecule has 82 valence electrons. The fraction of sp³-hybridized carbons (Fsp3) is 1.00. The lowest BCUT2D eigenvalue weighted by Gasteiger charge is -2.32. The van der Waals surface area contributed by atoms with E-state index < -0.39 is 0 Å². The number of alkyl halides is 1. The molecule has 0 saturated heterocycles. The summed E-state index contributed by atoms with van der Waals surface area (Å²) < 4.78 is 0. The van der Waals surface area contributed by atoms with Gasteiger partial charge in [-0.1, -0.05) is 20.3 Å². The molecule has 4 atom stereocenters. The second-order valence-corrected chi connectivity index (χ2v) is 6.20. The fourth-order valence-corrected chi connectivity index (χ4v) is 3.85. The zero-order chi connectivity index (χ0) is 10.2. The van der Waals surface area contributed by atoms with Gasteiger partial charge in [-0.3, -0.25) is 0 Å². The monoisotopic (exact) mass is 214 g/mol. The van der Waals surface area contributed by atoms with Crippen molar-refractivity contribution in [3.8, 4) is 0 Å². The minimum Gasteiger partial charge on any atom is -0.126 e. The van der Waals surface area contributed by atoms with E-state index in [0.717, 1.165) is 23.6 Å². The van der Waals surface area contributed by atoms with Gasteiger partial charge in [0.1, 0.15) is 0 Å². The highest BCUT2D eigenvalue weighted by atomic mass is 35.5. The van der Waals surface area contributed by atoms with Gasteiger partial charge < -0.3 is 0 Å². The van der Waals surface area contributed by atoms with Crippen molar-refractivity contribution in [3.63, 3.8) is 0 Å². The van der Waals surface area contributed by atoms with E-state index in [9.17, 15) is 0 Å². The summed E-state index contributed by atoms with van der Waals surface area (Å²) in [5, 5.41) is 0. The number of fused-ring (bicyclic) bond motifs is 2. The topological polar surface area (TPSA) is 0 Å². The third-order valence-electron chi connectivity index (χ3n) is 4.82. The van der Waals surface area contributed by atoms with Gasteiger partial charge in [0.2, 0.25) is 0 Å². The molecule has 2 aliphatic rings. The summed E-state index contributed by atoms with van der Waals surface area (Å²) in [5.74, 6) is 4.00. The van der Waals surface area contributed by atoms with Gasteiger partial charge in [-0.2, -0.15) is 0 Å². The molecule has 0 spiro atoms. The van der Waals surface area contributed by atoms with Gasteiger partial charge >= 0.3 is 0 Å². The van der Waals surface area contributed by atoms with Crippen LogP contribution in [-0.2, 0) is 0 Å². The van der Waals surface area contributed by atoms with Crippen LogP contribution in [0.15, 0.2) is 0 Å². The Morgan fingerprint density at radius 2 is 2.07 bits per heavy atom. The molecule has 0 aromatic carbocycles. The molecule has 0 aromatic rings. The third kappa shape index (κ3) is 1.96. The lowest BCUT2D eigenvalue weighted by Crippen LogP contribution is -2.24. The van der Waals surface area contributed by atoms with Crippen molar-refractivity contribution in [3.05, 3.63) is 0 Å². The molecule has 2 bridgehead atoms. The highest BCUT2D eigenvalue weighted by molar-refractivity contribution is 6.18. The Balaban J connectivity index is 1.91. The van der Waals surface area contributed by atoms with Gasteiger partial charge in [0, 0.05) is 5.88 Å². The van der Waals surface area contributed by atoms with Crippen LogP contribution in [0, 0.1) is 23.2 Å². The highest BCUT2D eigenvalue weighted by Crippen LogP contribution is 2.52. The maximum absolute atomic E-state index is 6.09. The van der Waals surface area contributed by atoms with Crippen LogP contribution in [0.2, 0.25) is 0 Å². The summed E-state index contributed by atoms with van der Waals surface area (Å²) >= 11 is 6.09. The van der Waals surface area contributed by atoms with Crippen molar-refractivity contribution in [2.75, 3.05) is 5.88 Å². The van der Waals surface area contributed by atoms with Crippen molar-refractivity contribution < 1.29 is 0 Å². The van der Waals surface area contributed by atoms with E-state index in [0.29, 0.717) is 5.41 Å². The Labute approximate surface area is 93.4 Å². The lowest BCUT2D eigenvalue weighted by molar-refractivity contribution is 0.205. The predicted octanol–water partition coefficient (Wildman–Crippen LogP) is 4.47. The SMILES string of the molecule is CCC(C)(CCl)CC1CC2CCC1C2. The van der Waals surface area contributed by atoms with Crippen LogP contribution >= 0.6 is 11.6 Å². The lowest BCUT2D eigenvalue weighted by atomic mass is 9.75. The first-order valence-corrected chi connectivity index (χ1v) is 6.76. The molecule has 2 aliphatic carbocycles. The van der Waals surface area contributed by atoms with Crippen LogP contribution in [0.5, 0.6) is 0 Å². The van der Waals surface area contributed by atoms with Crippen LogP contribution in [0.25, 0.3) is 0 Å². The molecule has 4 unspecified atom stereocenters. The van der Waals surface area contributed by atoms with Gasteiger partial charge in [-0.05, 0) is 55.3 Å². The van der Waals surface area contributed by atoms with E-state index in [1.807, 2.05) is 0 Å². The summed E-state index contributed by atoms with van der Waals surface area (Å²) in [6.07, 6.45) is 8.70. The van der Waals surface area contributed by atoms with Crippen LogP contribution in [0.1, 0.15) is 52.4 Å². The van der Waals surface area contributed by atoms with E-state index in [-0.39, 0.29) is 0 Å². The molecule has 0 radical (unpaired) electrons. The largest absolute Gasteiger partial charge is 0.126 e. The summed E-state index contributed by atoms with van der Waals surface area (Å²) in [7, 11) is 0. The third-order valence-corrected chi connectivity index (χ3v) is 5.46. The average Bonchev–Trinajstić information content (AvgIpc) is 2.79. The minimum atomic E-state index is 0.413. The molecule has 0 heterocycles. The van der Waals surface area contributed by atoms with E-state index in [1.54, 1.807) is 0 Å². The molecule has 14 heavy (non-hydrogen) atoms. The maximum atomic E-state index is 6.09. The van der Waals surface area contributed by atoms with Crippen molar-refractivity contribution in [1.29, 1.82) is 0 Å². The first-order chi connectivity index (χ1) is 6.67. The van der Waals surface area contributed by atoms with Crippen molar-refractivity contribution in [1.82, 2.24) is 0 Å². The van der Waals surface area contributed by atoms with Gasteiger partial charge in [0.25, 0.3) is 0 Å². The molecular weight excluding hydrogens is 192 g/mol. The quantitative estimate of drug-likeness (QED) is 0.606. The van der Waals surface area contributed by atoms with Gasteiger partial charge in [0.05, 0.1) is 0 Å². The Hall–Kier alpha value is 0.290. The Morgan fingerprint density at radius 1 is 1.29 bits per heavy atom. The van der Waals surface area contributed by atoms with E-state index in [4.69, 9.17) is 11.6 Å². The van der Waals surface area contributed by atoms with E-state index >= 15 is 0 Å². The molecule has 0 aromatic heterocycles. The summed E-state index contributed by atoms with van der Waals surface area (Å²) in [6, 6.07) is 0. The second kappa shape index (κ2) is 4.04. The molecule has 2 rings (SSSR count). The standard InChI is InChI=1S/C13H23Cl/c1-3-13(2,9-14)8-12-7-10-4-5-11(12)6-10/h10-12H,3-9H2,1-2H3. The van der Waals surface area contributed by atoms with Crippen LogP contribution < -0.4 is 0 Å². The Kier molecular flexibility index (Phi) is 3.12. The smallest absolute Gasteiger partial charge is 0.0277 e. The first kappa shape index (κ1) is 10.8. The highest BCUT2D eigenvalue weighted by Gasteiger charge is 2.41. The molecular formula is C13H23Cl. The van der Waals surface area contributed by atoms with Gasteiger partial charge in [-0.15, -0.1) is 11.6 Å². The van der Waals surface area contributed by atoms with Crippen LogP contribution in [-0.4, -0.2) is 5.88 Å². The molecule has 1 heteroatoms. The summed E-state index contributed by atoms with van der Waals surface area (Å²) in [5.41, 5.74) is 0.413. The number of rotatable bonds is 4. The normalized spacial score (nSPS) is 40.1. The summed E-state index contributed by atoms with van der Waals surface area (Å²) in [4.78, 5) is 0. The minimum absolute atomic E-state index is 0.413. The Bertz CT molecular complexity index is 195. The van der Waals surface area contributed by atoms with Gasteiger partial charge in [0.15, 0.2) is 0 Å². The molecule has 2 saturated carbocycles. The van der Waals surface area contributed by atoms with Gasteiger partial charge in [-0.25, -0.2) is 0 Å². The first-order valence-electron chi connectivity index (χ1n) is 6.23. The number of halogens is 1. The van der Waals surface area contributed by atoms with E-state index in [1.165, 1.54) is 38.5 Å². The fourth-order valence-electron chi connectivity index (χ4n) is 3.55. The van der Waals surface area contributed by atoms with Crippen LogP contribution in [0.3, 0.4) is 0 Å². The maximum Gasteiger partial charge on any atom is 0.0277 e. The molecule has 0 N–H and O–H groups in total. The molecule has 0 amide bonds. The molecule has 0 nitrogen and oxygen atoms in total. The average molecular weight is 215 g/mol. The number of hydrogen-bond donors (Lipinski definition) is 0. The molecule has 2 fully saturated rings. The zero-order valence-corrected chi connectivity index (χ0v) is 10.3. The summed E-state index contributed by atoms with van der Waals surface area (Å²) in [6.45, 7) is 4.65. The number of hydrogen-bond acceptors (Lipinski definition) is 0. The predicted molar refractivity (Wildman–Crippen MR) is 62.7 cm³/mol. The van der Waals surface area contributed by atoms with Crippen LogP contribution in [0.4, 0.5) is 0 Å². The van der Waals surface area contributed by atoms with Crippen molar-refractivity contribution in [2.45, 2.75) is 52.4 Å². The van der Waals surface area contributed by atoms with E-state index in [2.05, 4.69) is 13.8 Å². The second-order valence-electron chi connectivity index (χ2n) is 5.94. The van der Waals surface area contributed by atoms with Crippen molar-refractivity contribution in [2.24, 2.45) is 23.2 Å². The van der Waals surface area contributed by atoms with Crippen molar-refractivity contribution >= 4 is 11.6 Å². The zero-order valence-electron chi connectivity index (χ0n) is 9.56. The Morgan fingerprint density at radius 3 is 2.50 bits per heavy atom. The molecule has 0 aliphatic heterocycles.